The van der Waals surface area contributed by atoms with Gasteiger partial charge in [-0.3, -0.25) is 13.9 Å². The summed E-state index contributed by atoms with van der Waals surface area (Å²) in [7, 11) is -4.60. The molecular weight excluding hydrogens is 653 g/mol. The maximum Gasteiger partial charge on any atom is 0.336 e. The third-order valence-corrected chi connectivity index (χ3v) is 10.0. The van der Waals surface area contributed by atoms with Crippen molar-refractivity contribution in [1.29, 1.82) is 0 Å². The first-order chi connectivity index (χ1) is 20.9. The van der Waals surface area contributed by atoms with Crippen molar-refractivity contribution in [3.63, 3.8) is 0 Å². The summed E-state index contributed by atoms with van der Waals surface area (Å²) in [4.78, 5) is 39.3. The first-order valence-corrected chi connectivity index (χ1v) is 17.1. The minimum atomic E-state index is -4.60. The number of halogens is 2. The number of nitrogens with two attached hydrogens (primary N) is 1. The number of Topliss-reactive ketones (excluding diaryl/α,β-unsaturated/α-hetero) is 1. The van der Waals surface area contributed by atoms with E-state index in [0.717, 1.165) is 17.1 Å². The second-order valence-electron chi connectivity index (χ2n) is 10.3. The van der Waals surface area contributed by atoms with Crippen molar-refractivity contribution in [2.45, 2.75) is 55.9 Å². The summed E-state index contributed by atoms with van der Waals surface area (Å²) < 4.78 is 89.7. The standard InChI is InChI=1S/C22H23F2N8O9PS2/c23-10-5-31(19-14(10)11(33)1-2-26-19)21-12-3-9(38-21)6-37-42(34,43)40-17-13(4-30-44(35,36)41-12)39-22(15(17)24)32-8-29-16-18(25)27-7-28-20(16)32/h2,5,7-9,12-13,15,17,21-22,30H,1,3-4,6H2,(H,34,43)(H2,25,27,28)/t9-,12+,13+,15+,17+,21+,22+,42?/m0/s1. The van der Waals surface area contributed by atoms with Crippen LogP contribution in [0.1, 0.15) is 35.7 Å². The van der Waals surface area contributed by atoms with E-state index >= 15 is 4.39 Å². The highest BCUT2D eigenvalue weighted by molar-refractivity contribution is 8.07. The van der Waals surface area contributed by atoms with Crippen molar-refractivity contribution in [3.8, 4) is 0 Å². The van der Waals surface area contributed by atoms with Gasteiger partial charge in [0, 0.05) is 31.8 Å². The summed E-state index contributed by atoms with van der Waals surface area (Å²) in [5.74, 6) is -1.39. The first-order valence-electron chi connectivity index (χ1n) is 13.1. The highest BCUT2D eigenvalue weighted by atomic mass is 32.5. The number of rotatable bonds is 2. The van der Waals surface area contributed by atoms with E-state index in [4.69, 9.17) is 40.2 Å². The van der Waals surface area contributed by atoms with E-state index in [-0.39, 0.29) is 41.2 Å². The molecule has 4 aliphatic rings. The minimum Gasteiger partial charge on any atom is -0.382 e. The molecule has 0 amide bonds. The van der Waals surface area contributed by atoms with Crippen molar-refractivity contribution in [2.24, 2.45) is 4.99 Å². The maximum atomic E-state index is 15.9. The number of alkyl halides is 1. The SMILES string of the molecule is Nc1ncnc2c1ncn2[C@@H]1O[C@@H]2CNS(=O)(=O)O[C@@H]3C[C@@H](COP(O)(=S)O[C@H]2[C@H]1F)O[C@H]3n1cc(F)c2c1N=CCC2=O. The molecule has 2 bridgehead atoms. The Labute approximate surface area is 251 Å². The fourth-order valence-corrected chi connectivity index (χ4v) is 7.94. The molecule has 44 heavy (non-hydrogen) atoms. The van der Waals surface area contributed by atoms with Gasteiger partial charge in [0.15, 0.2) is 41.7 Å². The van der Waals surface area contributed by atoms with E-state index in [1.54, 1.807) is 0 Å². The van der Waals surface area contributed by atoms with Crippen LogP contribution in [-0.2, 0) is 44.8 Å². The quantitative estimate of drug-likeness (QED) is 0.319. The zero-order valence-corrected chi connectivity index (χ0v) is 24.7. The number of carbonyl (C=O) groups excluding carboxylic acids is 1. The number of anilines is 1. The molecule has 22 heteroatoms. The van der Waals surface area contributed by atoms with Gasteiger partial charge in [-0.05, 0) is 11.8 Å². The molecular formula is C22H23F2N8O9PS2. The van der Waals surface area contributed by atoms with Crippen LogP contribution in [0.5, 0.6) is 0 Å². The van der Waals surface area contributed by atoms with E-state index in [9.17, 15) is 22.5 Å². The highest BCUT2D eigenvalue weighted by Crippen LogP contribution is 2.51. The molecule has 3 aromatic heterocycles. The number of aliphatic imine (C=N–C) groups is 1. The minimum absolute atomic E-state index is 0.0434. The molecule has 3 saturated heterocycles. The third-order valence-electron chi connectivity index (χ3n) is 7.47. The van der Waals surface area contributed by atoms with Gasteiger partial charge in [-0.1, -0.05) is 0 Å². The zero-order valence-electron chi connectivity index (χ0n) is 22.2. The Kier molecular flexibility index (Phi) is 7.39. The van der Waals surface area contributed by atoms with Crippen molar-refractivity contribution in [2.75, 3.05) is 18.9 Å². The second kappa shape index (κ2) is 10.9. The Morgan fingerprint density at radius 1 is 1.18 bits per heavy atom. The van der Waals surface area contributed by atoms with Crippen molar-refractivity contribution >= 4 is 63.6 Å². The predicted molar refractivity (Wildman–Crippen MR) is 148 cm³/mol. The molecule has 0 saturated carbocycles. The molecule has 0 aliphatic carbocycles. The molecule has 8 atom stereocenters. The topological polar surface area (TPSA) is 217 Å². The van der Waals surface area contributed by atoms with E-state index in [1.807, 2.05) is 0 Å². The number of nitrogen functional groups attached to an aromatic ring is 1. The molecule has 3 aromatic rings. The number of nitrogens with zero attached hydrogens (tertiary/aromatic N) is 6. The van der Waals surface area contributed by atoms with Gasteiger partial charge in [-0.15, -0.1) is 0 Å². The lowest BCUT2D eigenvalue weighted by molar-refractivity contribution is -0.0462. The number of hydrogen-bond acceptors (Lipinski definition) is 14. The molecule has 3 fully saturated rings. The van der Waals surface area contributed by atoms with E-state index < -0.39 is 84.8 Å². The summed E-state index contributed by atoms with van der Waals surface area (Å²) >= 11 is 5.15. The van der Waals surface area contributed by atoms with E-state index in [0.29, 0.717) is 0 Å². The molecule has 236 valence electrons. The molecule has 1 unspecified atom stereocenters. The molecule has 0 aromatic carbocycles. The Hall–Kier alpha value is -2.85. The number of ether oxygens (including phenoxy) is 2. The van der Waals surface area contributed by atoms with Crippen LogP contribution in [0.2, 0.25) is 0 Å². The fourth-order valence-electron chi connectivity index (χ4n) is 5.55. The van der Waals surface area contributed by atoms with Crippen LogP contribution in [0.3, 0.4) is 0 Å². The molecule has 0 radical (unpaired) electrons. The number of fused-ring (bicyclic) bond motifs is 5. The van der Waals surface area contributed by atoms with Crippen LogP contribution in [0, 0.1) is 5.82 Å². The van der Waals surface area contributed by atoms with Crippen LogP contribution in [0.15, 0.2) is 23.8 Å². The fraction of sp³-hybridized carbons (Fsp3) is 0.500. The number of nitrogens with one attached hydrogen (secondary N) is 1. The van der Waals surface area contributed by atoms with Gasteiger partial charge in [0.25, 0.3) is 0 Å². The average Bonchev–Trinajstić information content (AvgIpc) is 3.72. The largest absolute Gasteiger partial charge is 0.382 e. The summed E-state index contributed by atoms with van der Waals surface area (Å²) in [6.45, 7) is -5.20. The lowest BCUT2D eigenvalue weighted by Crippen LogP contribution is -2.41. The predicted octanol–water partition coefficient (Wildman–Crippen LogP) is 0.713. The zero-order chi connectivity index (χ0) is 31.0. The third kappa shape index (κ3) is 5.25. The molecule has 0 spiro atoms. The number of aromatic nitrogens is 5. The number of ketones is 1. The van der Waals surface area contributed by atoms with Crippen molar-refractivity contribution < 1.29 is 49.6 Å². The number of hydrogen-bond donors (Lipinski definition) is 3. The van der Waals surface area contributed by atoms with Crippen molar-refractivity contribution in [3.05, 3.63) is 30.2 Å². The summed E-state index contributed by atoms with van der Waals surface area (Å²) in [5.41, 5.74) is 5.89. The van der Waals surface area contributed by atoms with Crippen LogP contribution in [0.4, 0.5) is 20.4 Å². The summed E-state index contributed by atoms with van der Waals surface area (Å²) in [5, 5.41) is 0. The Bertz CT molecular complexity index is 1840. The van der Waals surface area contributed by atoms with Gasteiger partial charge in [0.2, 0.25) is 0 Å². The highest BCUT2D eigenvalue weighted by Gasteiger charge is 2.51. The van der Waals surface area contributed by atoms with E-state index in [2.05, 4.69) is 24.7 Å². The van der Waals surface area contributed by atoms with Crippen LogP contribution in [-0.4, -0.2) is 93.1 Å². The number of imidazole rings is 1. The van der Waals surface area contributed by atoms with Gasteiger partial charge < -0.3 is 29.2 Å². The van der Waals surface area contributed by atoms with Crippen LogP contribution >= 0.6 is 6.72 Å². The Morgan fingerprint density at radius 2 is 2.00 bits per heavy atom. The Morgan fingerprint density at radius 3 is 2.82 bits per heavy atom. The van der Waals surface area contributed by atoms with E-state index in [1.165, 1.54) is 17.1 Å². The van der Waals surface area contributed by atoms with Crippen LogP contribution < -0.4 is 10.5 Å². The van der Waals surface area contributed by atoms with Gasteiger partial charge in [0.1, 0.15) is 36.0 Å². The molecule has 7 heterocycles. The Balaban J connectivity index is 1.18. The van der Waals surface area contributed by atoms with Gasteiger partial charge >= 0.3 is 17.0 Å². The maximum absolute atomic E-state index is 15.9. The monoisotopic (exact) mass is 676 g/mol. The normalized spacial score (nSPS) is 35.5. The van der Waals surface area contributed by atoms with Gasteiger partial charge in [-0.25, -0.2) is 32.9 Å². The van der Waals surface area contributed by atoms with Crippen molar-refractivity contribution in [1.82, 2.24) is 28.8 Å². The van der Waals surface area contributed by atoms with Gasteiger partial charge in [-0.2, -0.15) is 13.1 Å². The molecule has 17 nitrogen and oxygen atoms in total. The van der Waals surface area contributed by atoms with Gasteiger partial charge in [0.05, 0.1) is 24.6 Å². The smallest absolute Gasteiger partial charge is 0.336 e. The van der Waals surface area contributed by atoms with Crippen LogP contribution in [0.25, 0.3) is 11.2 Å². The molecule has 7 rings (SSSR count). The molecule has 4 N–H and O–H groups in total. The average molecular weight is 677 g/mol. The second-order valence-corrected chi connectivity index (χ2v) is 14.5. The first kappa shape index (κ1) is 29.8. The molecule has 4 aliphatic heterocycles. The lowest BCUT2D eigenvalue weighted by Gasteiger charge is -2.26. The summed E-state index contributed by atoms with van der Waals surface area (Å²) in [6.07, 6.45) is -5.49. The number of carbonyl (C=O) groups is 1. The lowest BCUT2D eigenvalue weighted by atomic mass is 10.1. The summed E-state index contributed by atoms with van der Waals surface area (Å²) in [6, 6.07) is 0.